The summed E-state index contributed by atoms with van der Waals surface area (Å²) in [6.07, 6.45) is 3.51. The first-order valence-electron chi connectivity index (χ1n) is 6.86. The van der Waals surface area contributed by atoms with Gasteiger partial charge < -0.3 is 0 Å². The van der Waals surface area contributed by atoms with Gasteiger partial charge in [0.2, 0.25) is 0 Å². The highest BCUT2D eigenvalue weighted by atomic mass is 79.9. The molecule has 0 aliphatic heterocycles. The van der Waals surface area contributed by atoms with Crippen LogP contribution in [0.4, 0.5) is 8.78 Å². The van der Waals surface area contributed by atoms with Gasteiger partial charge in [-0.2, -0.15) is 0 Å². The zero-order chi connectivity index (χ0) is 15.0. The van der Waals surface area contributed by atoms with E-state index >= 15 is 0 Å². The monoisotopic (exact) mass is 350 g/mol. The number of carbonyl (C=O) groups is 1. The second kappa shape index (κ2) is 5.68. The lowest BCUT2D eigenvalue weighted by atomic mass is 9.79. The van der Waals surface area contributed by atoms with Crippen LogP contribution in [-0.2, 0) is 0 Å². The highest BCUT2D eigenvalue weighted by molar-refractivity contribution is 9.10. The number of ketones is 1. The van der Waals surface area contributed by atoms with Crippen LogP contribution in [0.2, 0.25) is 0 Å². The van der Waals surface area contributed by atoms with Crippen molar-refractivity contribution in [2.45, 2.75) is 25.2 Å². The van der Waals surface area contributed by atoms with Crippen LogP contribution in [0.15, 0.2) is 40.9 Å². The molecular formula is C17H13BrF2O. The van der Waals surface area contributed by atoms with E-state index in [0.29, 0.717) is 11.5 Å². The smallest absolute Gasteiger partial charge is 0.194 e. The molecule has 0 unspecified atom stereocenters. The molecule has 0 atom stereocenters. The van der Waals surface area contributed by atoms with Gasteiger partial charge in [-0.15, -0.1) is 0 Å². The van der Waals surface area contributed by atoms with Crippen LogP contribution in [0.1, 0.15) is 46.7 Å². The van der Waals surface area contributed by atoms with Gasteiger partial charge in [0.05, 0.1) is 4.47 Å². The maximum Gasteiger partial charge on any atom is 0.194 e. The van der Waals surface area contributed by atoms with Crippen molar-refractivity contribution in [3.05, 3.63) is 69.2 Å². The van der Waals surface area contributed by atoms with Gasteiger partial charge in [-0.25, -0.2) is 8.78 Å². The quantitative estimate of drug-likeness (QED) is 0.547. The van der Waals surface area contributed by atoms with Crippen LogP contribution < -0.4 is 0 Å². The molecule has 1 nitrogen and oxygen atoms in total. The molecule has 0 spiro atoms. The van der Waals surface area contributed by atoms with Crippen molar-refractivity contribution in [2.75, 3.05) is 0 Å². The molecule has 0 N–H and O–H groups in total. The molecule has 0 aromatic heterocycles. The normalized spacial score (nSPS) is 14.8. The summed E-state index contributed by atoms with van der Waals surface area (Å²) in [6.45, 7) is 0. The summed E-state index contributed by atoms with van der Waals surface area (Å²) >= 11 is 2.97. The van der Waals surface area contributed by atoms with E-state index in [2.05, 4.69) is 15.9 Å². The summed E-state index contributed by atoms with van der Waals surface area (Å²) in [4.78, 5) is 12.5. The lowest BCUT2D eigenvalue weighted by molar-refractivity contribution is 0.103. The third-order valence-electron chi connectivity index (χ3n) is 4.01. The van der Waals surface area contributed by atoms with Gasteiger partial charge in [-0.05, 0) is 58.5 Å². The maximum atomic E-state index is 13.6. The molecule has 0 amide bonds. The van der Waals surface area contributed by atoms with Crippen molar-refractivity contribution in [3.63, 3.8) is 0 Å². The molecule has 21 heavy (non-hydrogen) atoms. The number of rotatable bonds is 3. The molecule has 0 saturated heterocycles. The van der Waals surface area contributed by atoms with Crippen molar-refractivity contribution in [3.8, 4) is 0 Å². The third-order valence-corrected chi connectivity index (χ3v) is 4.78. The Hall–Kier alpha value is -1.55. The minimum atomic E-state index is -1.03. The van der Waals surface area contributed by atoms with E-state index in [1.807, 2.05) is 18.2 Å². The predicted octanol–water partition coefficient (Wildman–Crippen LogP) is 5.23. The molecule has 0 bridgehead atoms. The molecule has 108 valence electrons. The van der Waals surface area contributed by atoms with Crippen LogP contribution >= 0.6 is 15.9 Å². The van der Waals surface area contributed by atoms with Gasteiger partial charge in [-0.3, -0.25) is 4.79 Å². The zero-order valence-electron chi connectivity index (χ0n) is 11.2. The SMILES string of the molecule is O=C(c1cccc(C2CCC2)c1)c1ccc(F)c(F)c1Br. The van der Waals surface area contributed by atoms with Crippen molar-refractivity contribution < 1.29 is 13.6 Å². The molecule has 1 aliphatic carbocycles. The van der Waals surface area contributed by atoms with E-state index in [0.717, 1.165) is 24.5 Å². The summed E-state index contributed by atoms with van der Waals surface area (Å²) in [5.41, 5.74) is 1.79. The van der Waals surface area contributed by atoms with Crippen molar-refractivity contribution in [1.29, 1.82) is 0 Å². The topological polar surface area (TPSA) is 17.1 Å². The fraction of sp³-hybridized carbons (Fsp3) is 0.235. The average molecular weight is 351 g/mol. The molecule has 1 fully saturated rings. The Labute approximate surface area is 130 Å². The van der Waals surface area contributed by atoms with Gasteiger partial charge >= 0.3 is 0 Å². The van der Waals surface area contributed by atoms with Crippen LogP contribution in [0.25, 0.3) is 0 Å². The number of hydrogen-bond donors (Lipinski definition) is 0. The predicted molar refractivity (Wildman–Crippen MR) is 80.5 cm³/mol. The average Bonchev–Trinajstić information content (AvgIpc) is 2.43. The summed E-state index contributed by atoms with van der Waals surface area (Å²) in [6, 6.07) is 9.71. The first-order chi connectivity index (χ1) is 10.1. The van der Waals surface area contributed by atoms with E-state index < -0.39 is 11.6 Å². The van der Waals surface area contributed by atoms with E-state index in [1.54, 1.807) is 6.07 Å². The zero-order valence-corrected chi connectivity index (χ0v) is 12.8. The minimum absolute atomic E-state index is 0.124. The van der Waals surface area contributed by atoms with Gasteiger partial charge in [0.25, 0.3) is 0 Å². The largest absolute Gasteiger partial charge is 0.289 e. The van der Waals surface area contributed by atoms with E-state index in [1.165, 1.54) is 12.5 Å². The Bertz CT molecular complexity index is 708. The van der Waals surface area contributed by atoms with Crippen molar-refractivity contribution >= 4 is 21.7 Å². The van der Waals surface area contributed by atoms with Gasteiger partial charge in [0.15, 0.2) is 17.4 Å². The second-order valence-corrected chi connectivity index (χ2v) is 6.10. The molecule has 0 radical (unpaired) electrons. The molecule has 2 aromatic rings. The molecular weight excluding hydrogens is 338 g/mol. The Kier molecular flexibility index (Phi) is 3.89. The standard InChI is InChI=1S/C17H13BrF2O/c18-15-13(7-8-14(19)16(15)20)17(21)12-6-2-5-11(9-12)10-3-1-4-10/h2,5-10H,1,3-4H2. The second-order valence-electron chi connectivity index (χ2n) is 5.31. The number of carbonyl (C=O) groups excluding carboxylic acids is 1. The van der Waals surface area contributed by atoms with E-state index in [4.69, 9.17) is 0 Å². The van der Waals surface area contributed by atoms with E-state index in [-0.39, 0.29) is 15.8 Å². The maximum absolute atomic E-state index is 13.6. The van der Waals surface area contributed by atoms with Crippen LogP contribution in [0, 0.1) is 11.6 Å². The highest BCUT2D eigenvalue weighted by Gasteiger charge is 2.22. The minimum Gasteiger partial charge on any atom is -0.289 e. The van der Waals surface area contributed by atoms with Gasteiger partial charge in [-0.1, -0.05) is 24.6 Å². The Morgan fingerprint density at radius 3 is 2.57 bits per heavy atom. The highest BCUT2D eigenvalue weighted by Crippen LogP contribution is 2.36. The Morgan fingerprint density at radius 2 is 1.90 bits per heavy atom. The lowest BCUT2D eigenvalue weighted by Crippen LogP contribution is -2.10. The van der Waals surface area contributed by atoms with E-state index in [9.17, 15) is 13.6 Å². The summed E-state index contributed by atoms with van der Waals surface area (Å²) in [5.74, 6) is -1.79. The Balaban J connectivity index is 1.97. The van der Waals surface area contributed by atoms with Crippen LogP contribution in [-0.4, -0.2) is 5.78 Å². The van der Waals surface area contributed by atoms with Crippen molar-refractivity contribution in [1.82, 2.24) is 0 Å². The fourth-order valence-electron chi connectivity index (χ4n) is 2.53. The molecule has 1 aliphatic rings. The number of benzene rings is 2. The molecule has 1 saturated carbocycles. The fourth-order valence-corrected chi connectivity index (χ4v) is 3.03. The first kappa shape index (κ1) is 14.4. The van der Waals surface area contributed by atoms with Crippen LogP contribution in [0.5, 0.6) is 0 Å². The number of hydrogen-bond acceptors (Lipinski definition) is 1. The molecule has 2 aromatic carbocycles. The first-order valence-corrected chi connectivity index (χ1v) is 7.65. The van der Waals surface area contributed by atoms with Gasteiger partial charge in [0.1, 0.15) is 0 Å². The van der Waals surface area contributed by atoms with Crippen molar-refractivity contribution in [2.24, 2.45) is 0 Å². The third kappa shape index (κ3) is 2.64. The Morgan fingerprint density at radius 1 is 1.14 bits per heavy atom. The lowest BCUT2D eigenvalue weighted by Gasteiger charge is -2.26. The van der Waals surface area contributed by atoms with Gasteiger partial charge in [0, 0.05) is 11.1 Å². The summed E-state index contributed by atoms with van der Waals surface area (Å²) in [7, 11) is 0. The molecule has 3 rings (SSSR count). The molecule has 4 heteroatoms. The van der Waals surface area contributed by atoms with Crippen LogP contribution in [0.3, 0.4) is 0 Å². The number of halogens is 3. The molecule has 0 heterocycles. The summed E-state index contributed by atoms with van der Waals surface area (Å²) in [5, 5.41) is 0. The summed E-state index contributed by atoms with van der Waals surface area (Å²) < 4.78 is 26.6.